The van der Waals surface area contributed by atoms with Crippen LogP contribution >= 0.6 is 0 Å². The number of aryl methyl sites for hydroxylation is 2. The van der Waals surface area contributed by atoms with Crippen LogP contribution in [0.3, 0.4) is 0 Å². The Hall–Kier alpha value is -3.36. The molecule has 4 aromatic carbocycles. The smallest absolute Gasteiger partial charge is 0.0891 e. The van der Waals surface area contributed by atoms with Crippen molar-refractivity contribution in [3.63, 3.8) is 0 Å². The predicted molar refractivity (Wildman–Crippen MR) is 143 cm³/mol. The predicted octanol–water partition coefficient (Wildman–Crippen LogP) is 8.94. The number of benzene rings is 4. The second-order valence-corrected chi connectivity index (χ2v) is 10.4. The standard InChI is InChI=1S/C32H33NO/c1-22-11-16-25(17-12-22)33(26-18-13-23(2)14-19-26)30-10-8-7-9-27(30)24-15-20-28-29(21-24)32(5,6)34-31(28,3)4/h7-21H,1-6H3. The Morgan fingerprint density at radius 2 is 1.12 bits per heavy atom. The van der Waals surface area contributed by atoms with Gasteiger partial charge in [0.15, 0.2) is 0 Å². The van der Waals surface area contributed by atoms with Gasteiger partial charge in [0, 0.05) is 16.9 Å². The molecule has 1 heterocycles. The number of nitrogens with zero attached hydrogens (tertiary/aromatic N) is 1. The van der Waals surface area contributed by atoms with Crippen LogP contribution in [0.2, 0.25) is 0 Å². The van der Waals surface area contributed by atoms with Crippen molar-refractivity contribution >= 4 is 17.1 Å². The average Bonchev–Trinajstić information content (AvgIpc) is 3.00. The van der Waals surface area contributed by atoms with E-state index in [-0.39, 0.29) is 11.2 Å². The molecule has 0 radical (unpaired) electrons. The minimum Gasteiger partial charge on any atom is -0.360 e. The van der Waals surface area contributed by atoms with Crippen LogP contribution in [0.5, 0.6) is 0 Å². The van der Waals surface area contributed by atoms with Crippen LogP contribution in [0, 0.1) is 13.8 Å². The summed E-state index contributed by atoms with van der Waals surface area (Å²) in [6.07, 6.45) is 0. The van der Waals surface area contributed by atoms with E-state index in [0.29, 0.717) is 0 Å². The lowest BCUT2D eigenvalue weighted by Crippen LogP contribution is -2.22. The van der Waals surface area contributed by atoms with Gasteiger partial charge in [-0.15, -0.1) is 0 Å². The van der Waals surface area contributed by atoms with Gasteiger partial charge in [0.2, 0.25) is 0 Å². The lowest BCUT2D eigenvalue weighted by atomic mass is 9.87. The van der Waals surface area contributed by atoms with Gasteiger partial charge < -0.3 is 9.64 Å². The molecule has 0 saturated heterocycles. The first kappa shape index (κ1) is 22.4. The molecule has 34 heavy (non-hydrogen) atoms. The lowest BCUT2D eigenvalue weighted by Gasteiger charge is -2.28. The Morgan fingerprint density at radius 3 is 1.71 bits per heavy atom. The van der Waals surface area contributed by atoms with E-state index in [4.69, 9.17) is 4.74 Å². The summed E-state index contributed by atoms with van der Waals surface area (Å²) in [6.45, 7) is 12.9. The highest BCUT2D eigenvalue weighted by atomic mass is 16.5. The van der Waals surface area contributed by atoms with E-state index in [1.807, 2.05) is 0 Å². The molecule has 0 spiro atoms. The molecule has 172 valence electrons. The molecule has 2 nitrogen and oxygen atoms in total. The molecule has 4 aromatic rings. The van der Waals surface area contributed by atoms with E-state index in [1.54, 1.807) is 0 Å². The molecule has 0 saturated carbocycles. The Morgan fingerprint density at radius 1 is 0.588 bits per heavy atom. The van der Waals surface area contributed by atoms with Crippen LogP contribution in [-0.2, 0) is 15.9 Å². The van der Waals surface area contributed by atoms with Gasteiger partial charge in [0.05, 0.1) is 16.9 Å². The van der Waals surface area contributed by atoms with Crippen molar-refractivity contribution in [3.05, 3.63) is 113 Å². The molecular formula is C32H33NO. The number of para-hydroxylation sites is 1. The van der Waals surface area contributed by atoms with E-state index in [1.165, 1.54) is 33.4 Å². The highest BCUT2D eigenvalue weighted by Crippen LogP contribution is 2.49. The van der Waals surface area contributed by atoms with Crippen molar-refractivity contribution in [2.24, 2.45) is 0 Å². The molecule has 0 bridgehead atoms. The van der Waals surface area contributed by atoms with Gasteiger partial charge in [-0.25, -0.2) is 0 Å². The summed E-state index contributed by atoms with van der Waals surface area (Å²) in [5, 5.41) is 0. The molecule has 2 heteroatoms. The average molecular weight is 448 g/mol. The molecule has 0 amide bonds. The quantitative estimate of drug-likeness (QED) is 0.309. The second-order valence-electron chi connectivity index (χ2n) is 10.4. The normalized spacial score (nSPS) is 15.7. The maximum absolute atomic E-state index is 6.43. The largest absolute Gasteiger partial charge is 0.360 e. The Labute approximate surface area is 203 Å². The summed E-state index contributed by atoms with van der Waals surface area (Å²) < 4.78 is 6.43. The minimum absolute atomic E-state index is 0.285. The molecule has 0 atom stereocenters. The summed E-state index contributed by atoms with van der Waals surface area (Å²) in [4.78, 5) is 2.35. The zero-order valence-corrected chi connectivity index (χ0v) is 21.0. The Balaban J connectivity index is 1.70. The van der Waals surface area contributed by atoms with Crippen molar-refractivity contribution in [2.75, 3.05) is 4.90 Å². The third kappa shape index (κ3) is 3.93. The molecule has 0 aromatic heterocycles. The van der Waals surface area contributed by atoms with Gasteiger partial charge in [-0.2, -0.15) is 0 Å². The fourth-order valence-corrected chi connectivity index (χ4v) is 5.21. The Bertz CT molecular complexity index is 1290. The van der Waals surface area contributed by atoms with Gasteiger partial charge in [0.1, 0.15) is 0 Å². The van der Waals surface area contributed by atoms with Gasteiger partial charge >= 0.3 is 0 Å². The first-order valence-corrected chi connectivity index (χ1v) is 12.0. The number of anilines is 3. The monoisotopic (exact) mass is 447 g/mol. The van der Waals surface area contributed by atoms with Gasteiger partial charge in [-0.3, -0.25) is 0 Å². The molecule has 0 N–H and O–H groups in total. The van der Waals surface area contributed by atoms with E-state index >= 15 is 0 Å². The van der Waals surface area contributed by atoms with Crippen LogP contribution in [0.25, 0.3) is 11.1 Å². The van der Waals surface area contributed by atoms with Crippen molar-refractivity contribution in [1.29, 1.82) is 0 Å². The first-order chi connectivity index (χ1) is 16.2. The fourth-order valence-electron chi connectivity index (χ4n) is 5.21. The zero-order chi connectivity index (χ0) is 24.1. The summed E-state index contributed by atoms with van der Waals surface area (Å²) in [5.41, 5.74) is 10.3. The number of hydrogen-bond donors (Lipinski definition) is 0. The van der Waals surface area contributed by atoms with Crippen LogP contribution in [0.4, 0.5) is 17.1 Å². The summed E-state index contributed by atoms with van der Waals surface area (Å²) in [6, 6.07) is 33.0. The summed E-state index contributed by atoms with van der Waals surface area (Å²) in [5.74, 6) is 0. The Kier molecular flexibility index (Phi) is 5.37. The van der Waals surface area contributed by atoms with Crippen molar-refractivity contribution in [3.8, 4) is 11.1 Å². The summed E-state index contributed by atoms with van der Waals surface area (Å²) >= 11 is 0. The third-order valence-electron chi connectivity index (χ3n) is 6.87. The van der Waals surface area contributed by atoms with Crippen LogP contribution < -0.4 is 4.90 Å². The highest BCUT2D eigenvalue weighted by Gasteiger charge is 2.42. The van der Waals surface area contributed by atoms with Crippen molar-refractivity contribution in [1.82, 2.24) is 0 Å². The van der Waals surface area contributed by atoms with Crippen LogP contribution in [-0.4, -0.2) is 0 Å². The fraction of sp³-hybridized carbons (Fsp3) is 0.250. The number of ether oxygens (including phenoxy) is 1. The molecule has 5 rings (SSSR count). The number of fused-ring (bicyclic) bond motifs is 1. The first-order valence-electron chi connectivity index (χ1n) is 12.0. The van der Waals surface area contributed by atoms with Crippen molar-refractivity contribution in [2.45, 2.75) is 52.7 Å². The van der Waals surface area contributed by atoms with Crippen LogP contribution in [0.15, 0.2) is 91.0 Å². The van der Waals surface area contributed by atoms with Gasteiger partial charge in [0.25, 0.3) is 0 Å². The summed E-state index contributed by atoms with van der Waals surface area (Å²) in [7, 11) is 0. The number of hydrogen-bond acceptors (Lipinski definition) is 2. The highest BCUT2D eigenvalue weighted by molar-refractivity contribution is 5.88. The molecular weight excluding hydrogens is 414 g/mol. The van der Waals surface area contributed by atoms with E-state index < -0.39 is 0 Å². The zero-order valence-electron chi connectivity index (χ0n) is 21.0. The maximum atomic E-state index is 6.43. The van der Waals surface area contributed by atoms with E-state index in [0.717, 1.165) is 17.1 Å². The van der Waals surface area contributed by atoms with Crippen LogP contribution in [0.1, 0.15) is 49.9 Å². The minimum atomic E-state index is -0.322. The molecule has 0 unspecified atom stereocenters. The molecule has 0 aliphatic carbocycles. The van der Waals surface area contributed by atoms with E-state index in [9.17, 15) is 0 Å². The van der Waals surface area contributed by atoms with Gasteiger partial charge in [-0.1, -0.05) is 65.7 Å². The molecule has 1 aliphatic heterocycles. The molecule has 1 aliphatic rings. The second kappa shape index (κ2) is 8.14. The lowest BCUT2D eigenvalue weighted by molar-refractivity contribution is -0.105. The third-order valence-corrected chi connectivity index (χ3v) is 6.87. The topological polar surface area (TPSA) is 12.5 Å². The number of rotatable bonds is 4. The maximum Gasteiger partial charge on any atom is 0.0891 e. The van der Waals surface area contributed by atoms with Gasteiger partial charge in [-0.05, 0) is 94.6 Å². The van der Waals surface area contributed by atoms with Crippen molar-refractivity contribution < 1.29 is 4.74 Å². The molecule has 0 fully saturated rings. The SMILES string of the molecule is Cc1ccc(N(c2ccc(C)cc2)c2ccccc2-c2ccc3c(c2)C(C)(C)OC3(C)C)cc1. The van der Waals surface area contributed by atoms with E-state index in [2.05, 4.69) is 137 Å².